The van der Waals surface area contributed by atoms with Gasteiger partial charge in [-0.05, 0) is 129 Å². The number of carbonyl (C=O) groups excluding carboxylic acids is 13. The van der Waals surface area contributed by atoms with Gasteiger partial charge < -0.3 is 94.0 Å². The second kappa shape index (κ2) is 50.9. The maximum Gasteiger partial charge on any atom is 0.303 e. The van der Waals surface area contributed by atoms with Crippen LogP contribution in [0.1, 0.15) is 164 Å². The van der Waals surface area contributed by atoms with E-state index in [1.807, 2.05) is 6.92 Å². The van der Waals surface area contributed by atoms with E-state index in [1.165, 1.54) is 102 Å². The van der Waals surface area contributed by atoms with Crippen molar-refractivity contribution in [2.24, 2.45) is 0 Å². The first-order valence-electron chi connectivity index (χ1n) is 38.6. The van der Waals surface area contributed by atoms with E-state index in [4.69, 9.17) is 5.11 Å². The second-order valence-electron chi connectivity index (χ2n) is 28.1. The highest BCUT2D eigenvalue weighted by Crippen LogP contribution is 2.26. The molecule has 1 fully saturated rings. The molecule has 0 spiro atoms. The molecule has 0 aliphatic carbocycles. The number of hydrogen-bond donors (Lipinski definition) is 18. The van der Waals surface area contributed by atoms with Gasteiger partial charge in [-0.3, -0.25) is 86.4 Å². The fourth-order valence-electron chi connectivity index (χ4n) is 12.3. The van der Waals surface area contributed by atoms with Crippen LogP contribution in [0.15, 0.2) is 97.1 Å². The Bertz CT molecular complexity index is 4060. The molecule has 37 heteroatoms. The minimum atomic E-state index is -1.54. The van der Waals surface area contributed by atoms with E-state index < -0.39 is 188 Å². The number of aliphatic carboxylic acids is 4. The zero-order valence-corrected chi connectivity index (χ0v) is 65.8. The predicted molar refractivity (Wildman–Crippen MR) is 421 cm³/mol. The van der Waals surface area contributed by atoms with Gasteiger partial charge in [0, 0.05) is 96.1 Å². The van der Waals surface area contributed by atoms with E-state index in [0.29, 0.717) is 28.7 Å². The van der Waals surface area contributed by atoms with Gasteiger partial charge in [0.2, 0.25) is 70.9 Å². The van der Waals surface area contributed by atoms with E-state index in [1.54, 1.807) is 0 Å². The number of thioether (sulfide) groups is 1. The Morgan fingerprint density at radius 3 is 1.01 bits per heavy atom. The molecule has 117 heavy (non-hydrogen) atoms. The van der Waals surface area contributed by atoms with Gasteiger partial charge in [-0.2, -0.15) is 0 Å². The number of nitrogens with zero attached hydrogens (tertiary/aromatic N) is 1. The Balaban J connectivity index is 1.41. The summed E-state index contributed by atoms with van der Waals surface area (Å²) in [6.07, 6.45) is -4.04. The Kier molecular flexibility index (Phi) is 41.5. The average molecular weight is 1650 g/mol. The first-order valence-corrected chi connectivity index (χ1v) is 39.7. The number of nitrogens with one attached hydrogen (secondary N) is 10. The van der Waals surface area contributed by atoms with Crippen LogP contribution in [0.25, 0.3) is 0 Å². The maximum absolute atomic E-state index is 15.0. The zero-order chi connectivity index (χ0) is 85.9. The van der Waals surface area contributed by atoms with Gasteiger partial charge in [0.15, 0.2) is 5.78 Å². The van der Waals surface area contributed by atoms with Crippen LogP contribution in [0.3, 0.4) is 0 Å². The number of amides is 12. The number of carbonyl (C=O) groups is 17. The first kappa shape index (κ1) is 95.4. The summed E-state index contributed by atoms with van der Waals surface area (Å²) in [7, 11) is 0. The molecule has 12 amide bonds. The molecule has 636 valence electrons. The lowest BCUT2D eigenvalue weighted by molar-refractivity contribution is -0.139. The van der Waals surface area contributed by atoms with Crippen molar-refractivity contribution in [3.05, 3.63) is 119 Å². The molecule has 4 aromatic carbocycles. The molecule has 5 rings (SSSR count). The van der Waals surface area contributed by atoms with Crippen molar-refractivity contribution in [2.75, 3.05) is 31.9 Å². The van der Waals surface area contributed by atoms with Gasteiger partial charge in [-0.1, -0.05) is 68.3 Å². The molecule has 1 aliphatic rings. The highest BCUT2D eigenvalue weighted by atomic mass is 32.2. The number of aromatic hydroxyl groups is 4. The normalized spacial score (nSPS) is 14.1. The minimum Gasteiger partial charge on any atom is -0.508 e. The summed E-state index contributed by atoms with van der Waals surface area (Å²) < 4.78 is 0. The molecule has 1 unspecified atom stereocenters. The number of phenols is 4. The molecule has 36 nitrogen and oxygen atoms in total. The van der Waals surface area contributed by atoms with Crippen molar-refractivity contribution in [1.29, 1.82) is 0 Å². The number of carboxylic acids is 4. The predicted octanol–water partition coefficient (Wildman–Crippen LogP) is 2.11. The second-order valence-corrected chi connectivity index (χ2v) is 29.4. The van der Waals surface area contributed by atoms with Gasteiger partial charge in [-0.15, -0.1) is 11.8 Å². The number of ketones is 1. The number of benzene rings is 4. The van der Waals surface area contributed by atoms with Gasteiger partial charge in [0.05, 0.1) is 37.0 Å². The Labute approximate surface area is 679 Å². The molecular weight excluding hydrogens is 1550 g/mol. The number of unbranched alkanes of at least 4 members (excludes halogenated alkanes) is 4. The fourth-order valence-corrected chi connectivity index (χ4v) is 13.3. The molecule has 0 saturated carbocycles. The van der Waals surface area contributed by atoms with E-state index in [2.05, 4.69) is 53.2 Å². The summed E-state index contributed by atoms with van der Waals surface area (Å²) in [5, 5.41) is 103. The number of phenolic OH excluding ortho intramolecular Hbond substituents is 4. The molecule has 1 heterocycles. The van der Waals surface area contributed by atoms with Gasteiger partial charge in [0.1, 0.15) is 59.2 Å². The first-order chi connectivity index (χ1) is 55.7. The molecule has 1 aliphatic heterocycles. The third-order valence-corrected chi connectivity index (χ3v) is 19.8. The quantitative estimate of drug-likeness (QED) is 0.0222. The number of rotatable bonds is 56. The lowest BCUT2D eigenvalue weighted by atomic mass is 9.98. The van der Waals surface area contributed by atoms with Crippen LogP contribution in [0.5, 0.6) is 23.0 Å². The molecule has 8 atom stereocenters. The van der Waals surface area contributed by atoms with Gasteiger partial charge in [-0.25, -0.2) is 0 Å². The lowest BCUT2D eigenvalue weighted by Crippen LogP contribution is -2.57. The van der Waals surface area contributed by atoms with Crippen molar-refractivity contribution < 1.29 is 122 Å². The van der Waals surface area contributed by atoms with Crippen molar-refractivity contribution >= 4 is 112 Å². The SMILES string of the molecule is CCCN1C(=O)CC(SCCNC(=O)[C@H](CCCCCC(=O)[C@H](CCCCNC(=O)[C@H](Cc2ccc(O)cc2)NC(=O)CCC(=O)O)NC(=O)[C@H](Cc2ccc(O)cc2)NC(=O)CCC(=O)O)NC(=O)[C@H](CCCCNC(=O)[C@H](Cc2ccc(O)cc2)NC(=O)CCC(=O)O)NC(=O)[C@H](Cc2ccc(O)cc2)NC(=O)CCC(=O)O)C1=O. The molecule has 0 aromatic heterocycles. The maximum atomic E-state index is 15.0. The van der Waals surface area contributed by atoms with Crippen molar-refractivity contribution in [2.45, 2.75) is 215 Å². The minimum absolute atomic E-state index is 0.0333. The van der Waals surface area contributed by atoms with Crippen molar-refractivity contribution in [3.63, 3.8) is 0 Å². The summed E-state index contributed by atoms with van der Waals surface area (Å²) >= 11 is 1.13. The molecule has 0 radical (unpaired) electrons. The van der Waals surface area contributed by atoms with Crippen LogP contribution in [0, 0.1) is 0 Å². The topological polar surface area (TPSA) is 576 Å². The Morgan fingerprint density at radius 2 is 0.658 bits per heavy atom. The molecule has 0 bridgehead atoms. The van der Waals surface area contributed by atoms with Crippen molar-refractivity contribution in [1.82, 2.24) is 58.1 Å². The largest absolute Gasteiger partial charge is 0.508 e. The van der Waals surface area contributed by atoms with E-state index in [-0.39, 0.29) is 169 Å². The van der Waals surface area contributed by atoms with Crippen LogP contribution in [-0.4, -0.2) is 226 Å². The van der Waals surface area contributed by atoms with E-state index in [9.17, 15) is 117 Å². The standard InChI is InChI=1S/C80H105N11O25S/c1-2-41-91-69(101)47-64(80(91)116)117-42-40-83-74(110)57(89-77(113)58(90-79(115)62(87-68(100)33-37-73(108)109)46-51-20-28-55(95)29-21-51)12-7-9-39-82-76(112)60(85-66(98)31-35-71(104)105)44-49-16-24-53(93)25-17-49)11-4-3-5-13-63(96)56(88-78(114)61(86-67(99)32-36-72(106)107)45-50-18-26-54(94)27-19-50)10-6-8-38-81-75(111)59(84-65(97)30-34-70(102)103)43-48-14-22-52(92)23-15-48/h14-29,56-62,64,92-95H,2-13,30-47H2,1H3,(H,81,111)(H,82,112)(H,83,110)(H,84,97)(H,85,98)(H,86,99)(H,87,100)(H,88,114)(H,89,113)(H,90,115)(H,102,103)(H,104,105)(H,106,107)(H,108,109)/t56-,57-,58-,59-,60-,61-,62-,64?/m0/s1. The number of carboxylic acid groups (broad SMARTS) is 4. The number of Topliss-reactive ketones (excluding diaryl/α,β-unsaturated/α-hetero) is 1. The number of hydrogen-bond acceptors (Lipinski definition) is 22. The highest BCUT2D eigenvalue weighted by Gasteiger charge is 2.39. The van der Waals surface area contributed by atoms with Crippen LogP contribution >= 0.6 is 11.8 Å². The molecule has 18 N–H and O–H groups in total. The average Bonchev–Trinajstić information content (AvgIpc) is 1.70. The third kappa shape index (κ3) is 37.3. The highest BCUT2D eigenvalue weighted by molar-refractivity contribution is 8.00. The lowest BCUT2D eigenvalue weighted by Gasteiger charge is -2.26. The third-order valence-electron chi connectivity index (χ3n) is 18.6. The Morgan fingerprint density at radius 1 is 0.359 bits per heavy atom. The Hall–Kier alpha value is -12.2. The number of imide groups is 1. The summed E-state index contributed by atoms with van der Waals surface area (Å²) in [5.41, 5.74) is 1.92. The smallest absolute Gasteiger partial charge is 0.303 e. The van der Waals surface area contributed by atoms with E-state index in [0.717, 1.165) is 11.8 Å². The van der Waals surface area contributed by atoms with Gasteiger partial charge >= 0.3 is 23.9 Å². The summed E-state index contributed by atoms with van der Waals surface area (Å²) in [6.45, 7) is 1.83. The molecular formula is C80H105N11O25S. The van der Waals surface area contributed by atoms with Crippen LogP contribution < -0.4 is 53.2 Å². The molecule has 1 saturated heterocycles. The van der Waals surface area contributed by atoms with Crippen LogP contribution in [0.2, 0.25) is 0 Å². The fraction of sp³-hybridized carbons (Fsp3) is 0.487. The van der Waals surface area contributed by atoms with E-state index >= 15 is 0 Å². The number of likely N-dealkylation sites (tertiary alicyclic amines) is 1. The monoisotopic (exact) mass is 1650 g/mol. The van der Waals surface area contributed by atoms with Gasteiger partial charge in [0.25, 0.3) is 0 Å². The zero-order valence-electron chi connectivity index (χ0n) is 64.9. The summed E-state index contributed by atoms with van der Waals surface area (Å²) in [4.78, 5) is 225. The van der Waals surface area contributed by atoms with Crippen LogP contribution in [-0.2, 0) is 107 Å². The summed E-state index contributed by atoms with van der Waals surface area (Å²) in [5.74, 6) is -14.5. The van der Waals surface area contributed by atoms with Crippen LogP contribution in [0.4, 0.5) is 0 Å². The summed E-state index contributed by atoms with van der Waals surface area (Å²) in [6, 6.07) is 13.3. The van der Waals surface area contributed by atoms with Crippen molar-refractivity contribution in [3.8, 4) is 23.0 Å². The molecule has 4 aromatic rings.